The topological polar surface area (TPSA) is 42.0 Å². The number of carbonyl (C=O) groups is 1. The monoisotopic (exact) mass is 220 g/mol. The molecule has 0 bridgehead atoms. The van der Waals surface area contributed by atoms with Gasteiger partial charge >= 0.3 is 0 Å². The Morgan fingerprint density at radius 2 is 2.06 bits per heavy atom. The number of Topliss-reactive ketones (excluding diaryl/α,β-unsaturated/α-hetero) is 1. The van der Waals surface area contributed by atoms with Crippen LogP contribution < -0.4 is 5.32 Å². The molecule has 0 aromatic carbocycles. The fourth-order valence-electron chi connectivity index (χ4n) is 1.49. The summed E-state index contributed by atoms with van der Waals surface area (Å²) in [5.74, 6) is 0.303. The van der Waals surface area contributed by atoms with E-state index in [-0.39, 0.29) is 0 Å². The molecule has 0 amide bonds. The molecule has 0 spiro atoms. The molecule has 0 aliphatic carbocycles. The van der Waals surface area contributed by atoms with Crippen LogP contribution in [0.15, 0.2) is 24.5 Å². The first-order chi connectivity index (χ1) is 7.68. The smallest absolute Gasteiger partial charge is 0.137 e. The van der Waals surface area contributed by atoms with Gasteiger partial charge in [-0.2, -0.15) is 0 Å². The van der Waals surface area contributed by atoms with Gasteiger partial charge in [-0.3, -0.25) is 9.78 Å². The number of aromatic nitrogens is 1. The van der Waals surface area contributed by atoms with E-state index in [9.17, 15) is 4.79 Å². The number of hydrogen-bond acceptors (Lipinski definition) is 3. The van der Waals surface area contributed by atoms with Crippen LogP contribution in [0.3, 0.4) is 0 Å². The normalized spacial score (nSPS) is 10.7. The molecular formula is C13H20N2O. The van der Waals surface area contributed by atoms with Gasteiger partial charge in [0.2, 0.25) is 0 Å². The third-order valence-corrected chi connectivity index (χ3v) is 2.34. The SMILES string of the molecule is CC(C)NCCCC(=O)Cc1ccncc1. The summed E-state index contributed by atoms with van der Waals surface area (Å²) in [6, 6.07) is 4.28. The first-order valence-corrected chi connectivity index (χ1v) is 5.82. The van der Waals surface area contributed by atoms with Crippen molar-refractivity contribution in [2.45, 2.75) is 39.2 Å². The Morgan fingerprint density at radius 1 is 1.38 bits per heavy atom. The van der Waals surface area contributed by atoms with Gasteiger partial charge in [0, 0.05) is 31.3 Å². The van der Waals surface area contributed by atoms with E-state index in [1.807, 2.05) is 12.1 Å². The number of carbonyl (C=O) groups excluding carboxylic acids is 1. The average molecular weight is 220 g/mol. The Bertz CT molecular complexity index is 309. The summed E-state index contributed by atoms with van der Waals surface area (Å²) in [5, 5.41) is 3.30. The van der Waals surface area contributed by atoms with Crippen molar-refractivity contribution in [1.29, 1.82) is 0 Å². The summed E-state index contributed by atoms with van der Waals surface area (Å²) in [6.07, 6.45) is 5.56. The van der Waals surface area contributed by atoms with Crippen LogP contribution in [-0.2, 0) is 11.2 Å². The van der Waals surface area contributed by atoms with Crippen molar-refractivity contribution in [2.24, 2.45) is 0 Å². The molecule has 3 heteroatoms. The lowest BCUT2D eigenvalue weighted by molar-refractivity contribution is -0.118. The third-order valence-electron chi connectivity index (χ3n) is 2.34. The molecule has 3 nitrogen and oxygen atoms in total. The summed E-state index contributed by atoms with van der Waals surface area (Å²) >= 11 is 0. The highest BCUT2D eigenvalue weighted by molar-refractivity contribution is 5.80. The zero-order valence-electron chi connectivity index (χ0n) is 10.1. The van der Waals surface area contributed by atoms with Gasteiger partial charge in [-0.05, 0) is 30.7 Å². The largest absolute Gasteiger partial charge is 0.315 e. The van der Waals surface area contributed by atoms with Crippen molar-refractivity contribution < 1.29 is 4.79 Å². The Balaban J connectivity index is 2.17. The van der Waals surface area contributed by atoms with Crippen LogP contribution in [0, 0.1) is 0 Å². The first kappa shape index (κ1) is 12.8. The summed E-state index contributed by atoms with van der Waals surface area (Å²) in [4.78, 5) is 15.5. The molecule has 0 aliphatic heterocycles. The molecule has 1 aromatic heterocycles. The predicted octanol–water partition coefficient (Wildman–Crippen LogP) is 1.97. The number of rotatable bonds is 7. The molecule has 16 heavy (non-hydrogen) atoms. The van der Waals surface area contributed by atoms with Crippen molar-refractivity contribution in [3.63, 3.8) is 0 Å². The quantitative estimate of drug-likeness (QED) is 0.714. The third kappa shape index (κ3) is 5.61. The van der Waals surface area contributed by atoms with E-state index in [2.05, 4.69) is 24.1 Å². The Labute approximate surface area is 97.3 Å². The molecule has 0 saturated heterocycles. The predicted molar refractivity (Wildman–Crippen MR) is 65.3 cm³/mol. The number of pyridine rings is 1. The fourth-order valence-corrected chi connectivity index (χ4v) is 1.49. The molecule has 88 valence electrons. The van der Waals surface area contributed by atoms with Crippen molar-refractivity contribution in [3.8, 4) is 0 Å². The maximum atomic E-state index is 11.6. The maximum absolute atomic E-state index is 11.6. The van der Waals surface area contributed by atoms with E-state index >= 15 is 0 Å². The minimum absolute atomic E-state index is 0.303. The van der Waals surface area contributed by atoms with Gasteiger partial charge in [-0.15, -0.1) is 0 Å². The summed E-state index contributed by atoms with van der Waals surface area (Å²) in [7, 11) is 0. The average Bonchev–Trinajstić information content (AvgIpc) is 2.25. The molecule has 1 N–H and O–H groups in total. The van der Waals surface area contributed by atoms with Crippen molar-refractivity contribution in [2.75, 3.05) is 6.54 Å². The van der Waals surface area contributed by atoms with E-state index in [1.54, 1.807) is 12.4 Å². The molecular weight excluding hydrogens is 200 g/mol. The van der Waals surface area contributed by atoms with E-state index < -0.39 is 0 Å². The molecule has 0 unspecified atom stereocenters. The van der Waals surface area contributed by atoms with Crippen LogP contribution in [-0.4, -0.2) is 23.4 Å². The van der Waals surface area contributed by atoms with Gasteiger partial charge in [0.1, 0.15) is 5.78 Å². The van der Waals surface area contributed by atoms with Gasteiger partial charge in [-0.25, -0.2) is 0 Å². The molecule has 0 radical (unpaired) electrons. The number of nitrogens with one attached hydrogen (secondary N) is 1. The summed E-state index contributed by atoms with van der Waals surface area (Å²) < 4.78 is 0. The Morgan fingerprint density at radius 3 is 2.69 bits per heavy atom. The highest BCUT2D eigenvalue weighted by Crippen LogP contribution is 2.01. The van der Waals surface area contributed by atoms with Crippen LogP contribution in [0.5, 0.6) is 0 Å². The molecule has 0 aliphatic rings. The number of ketones is 1. The van der Waals surface area contributed by atoms with Crippen molar-refractivity contribution in [3.05, 3.63) is 30.1 Å². The minimum Gasteiger partial charge on any atom is -0.315 e. The highest BCUT2D eigenvalue weighted by Gasteiger charge is 2.03. The molecule has 1 aromatic rings. The molecule has 0 fully saturated rings. The van der Waals surface area contributed by atoms with E-state index in [1.165, 1.54) is 0 Å². The second-order valence-corrected chi connectivity index (χ2v) is 4.28. The van der Waals surface area contributed by atoms with Gasteiger partial charge in [0.25, 0.3) is 0 Å². The minimum atomic E-state index is 0.303. The van der Waals surface area contributed by atoms with Crippen LogP contribution in [0.2, 0.25) is 0 Å². The molecule has 1 rings (SSSR count). The van der Waals surface area contributed by atoms with Crippen LogP contribution in [0.4, 0.5) is 0 Å². The lowest BCUT2D eigenvalue weighted by atomic mass is 10.1. The number of nitrogens with zero attached hydrogens (tertiary/aromatic N) is 1. The second-order valence-electron chi connectivity index (χ2n) is 4.28. The zero-order chi connectivity index (χ0) is 11.8. The van der Waals surface area contributed by atoms with Crippen molar-refractivity contribution >= 4 is 5.78 Å². The van der Waals surface area contributed by atoms with Gasteiger partial charge in [0.05, 0.1) is 0 Å². The lowest BCUT2D eigenvalue weighted by Gasteiger charge is -2.07. The zero-order valence-corrected chi connectivity index (χ0v) is 10.1. The standard InChI is InChI=1S/C13H20N2O/c1-11(2)15-7-3-4-13(16)10-12-5-8-14-9-6-12/h5-6,8-9,11,15H,3-4,7,10H2,1-2H3. The lowest BCUT2D eigenvalue weighted by Crippen LogP contribution is -2.24. The van der Waals surface area contributed by atoms with E-state index in [0.717, 1.165) is 18.5 Å². The number of hydrogen-bond donors (Lipinski definition) is 1. The molecule has 0 atom stereocenters. The first-order valence-electron chi connectivity index (χ1n) is 5.82. The van der Waals surface area contributed by atoms with Gasteiger partial charge < -0.3 is 5.32 Å². The molecule has 1 heterocycles. The van der Waals surface area contributed by atoms with Crippen molar-refractivity contribution in [1.82, 2.24) is 10.3 Å². The van der Waals surface area contributed by atoms with Gasteiger partial charge in [-0.1, -0.05) is 13.8 Å². The Kier molecular flexibility index (Phi) is 5.72. The van der Waals surface area contributed by atoms with E-state index in [4.69, 9.17) is 0 Å². The highest BCUT2D eigenvalue weighted by atomic mass is 16.1. The van der Waals surface area contributed by atoms with E-state index in [0.29, 0.717) is 24.7 Å². The maximum Gasteiger partial charge on any atom is 0.137 e. The summed E-state index contributed by atoms with van der Waals surface area (Å²) in [6.45, 7) is 5.14. The van der Waals surface area contributed by atoms with Crippen LogP contribution >= 0.6 is 0 Å². The fraction of sp³-hybridized carbons (Fsp3) is 0.538. The Hall–Kier alpha value is -1.22. The van der Waals surface area contributed by atoms with Gasteiger partial charge in [0.15, 0.2) is 0 Å². The molecule has 0 saturated carbocycles. The summed E-state index contributed by atoms with van der Waals surface area (Å²) in [5.41, 5.74) is 1.05. The van der Waals surface area contributed by atoms with Crippen LogP contribution in [0.25, 0.3) is 0 Å². The van der Waals surface area contributed by atoms with Crippen LogP contribution in [0.1, 0.15) is 32.3 Å². The second kappa shape index (κ2) is 7.12.